The first-order chi connectivity index (χ1) is 12.2. The van der Waals surface area contributed by atoms with Crippen molar-refractivity contribution in [3.8, 4) is 17.2 Å². The van der Waals surface area contributed by atoms with E-state index < -0.39 is 0 Å². The zero-order chi connectivity index (χ0) is 17.8. The highest BCUT2D eigenvalue weighted by Gasteiger charge is 2.15. The van der Waals surface area contributed by atoms with Gasteiger partial charge in [-0.25, -0.2) is 0 Å². The molecule has 5 heteroatoms. The average Bonchev–Trinajstić information content (AvgIpc) is 2.65. The molecule has 0 aromatic heterocycles. The zero-order valence-corrected chi connectivity index (χ0v) is 14.8. The minimum Gasteiger partial charge on any atom is -0.497 e. The Morgan fingerprint density at radius 2 is 1.96 bits per heavy atom. The van der Waals surface area contributed by atoms with Gasteiger partial charge in [-0.15, -0.1) is 0 Å². The van der Waals surface area contributed by atoms with E-state index in [1.54, 1.807) is 14.2 Å². The largest absolute Gasteiger partial charge is 0.497 e. The smallest absolute Gasteiger partial charge is 0.131 e. The molecule has 132 valence electrons. The maximum Gasteiger partial charge on any atom is 0.131 e. The van der Waals surface area contributed by atoms with Crippen molar-refractivity contribution >= 4 is 6.08 Å². The lowest BCUT2D eigenvalue weighted by Crippen LogP contribution is -2.30. The van der Waals surface area contributed by atoms with Crippen LogP contribution in [0, 0.1) is 6.92 Å². The lowest BCUT2D eigenvalue weighted by atomic mass is 9.99. The van der Waals surface area contributed by atoms with Crippen LogP contribution in [0.3, 0.4) is 0 Å². The summed E-state index contributed by atoms with van der Waals surface area (Å²) in [5.41, 5.74) is 2.17. The first kappa shape index (κ1) is 17.3. The summed E-state index contributed by atoms with van der Waals surface area (Å²) in [6, 6.07) is 9.93. The van der Waals surface area contributed by atoms with Crippen LogP contribution in [0.5, 0.6) is 17.2 Å². The topological polar surface area (TPSA) is 60.3 Å². The monoisotopic (exact) mass is 341 g/mol. The van der Waals surface area contributed by atoms with Crippen LogP contribution in [-0.4, -0.2) is 32.5 Å². The number of rotatable bonds is 6. The number of methoxy groups -OCH3 is 2. The van der Waals surface area contributed by atoms with Crippen LogP contribution in [0.1, 0.15) is 23.6 Å². The molecule has 0 saturated heterocycles. The van der Waals surface area contributed by atoms with E-state index in [9.17, 15) is 0 Å². The Hall–Kier alpha value is -2.53. The summed E-state index contributed by atoms with van der Waals surface area (Å²) in [6.45, 7) is 2.31. The second-order valence-electron chi connectivity index (χ2n) is 5.94. The van der Waals surface area contributed by atoms with E-state index in [0.717, 1.165) is 45.4 Å². The van der Waals surface area contributed by atoms with E-state index >= 15 is 0 Å². The first-order valence-electron chi connectivity index (χ1n) is 8.30. The molecule has 0 bridgehead atoms. The number of nitrogens with zero attached hydrogens (tertiary/aromatic N) is 1. The molecule has 1 heterocycles. The predicted octanol–water partition coefficient (Wildman–Crippen LogP) is 1.93. The van der Waals surface area contributed by atoms with Gasteiger partial charge in [0.25, 0.3) is 0 Å². The van der Waals surface area contributed by atoms with Crippen molar-refractivity contribution in [3.05, 3.63) is 52.0 Å². The van der Waals surface area contributed by atoms with Gasteiger partial charge >= 0.3 is 0 Å². The molecule has 3 rings (SSSR count). The molecule has 25 heavy (non-hydrogen) atoms. The Kier molecular flexibility index (Phi) is 5.24. The molecule has 0 amide bonds. The molecule has 0 radical (unpaired) electrons. The Balaban J connectivity index is 1.96. The third kappa shape index (κ3) is 3.61. The lowest BCUT2D eigenvalue weighted by molar-refractivity contribution is 0.200. The molecule has 0 spiro atoms. The molecule has 0 aliphatic carbocycles. The number of fused-ring (bicyclic) bond motifs is 1. The summed E-state index contributed by atoms with van der Waals surface area (Å²) in [5.74, 6) is 2.30. The SMILES string of the molecule is COc1cc(OC)c2c(c1)=NC(c1ccc(OCCO)c(C)c1)CC=2. The van der Waals surface area contributed by atoms with E-state index in [2.05, 4.69) is 12.1 Å². The Bertz CT molecular complexity index is 876. The van der Waals surface area contributed by atoms with E-state index in [4.69, 9.17) is 24.3 Å². The predicted molar refractivity (Wildman–Crippen MR) is 95.9 cm³/mol. The third-order valence-corrected chi connectivity index (χ3v) is 4.32. The molecule has 0 fully saturated rings. The Labute approximate surface area is 147 Å². The van der Waals surface area contributed by atoms with Crippen LogP contribution in [0.4, 0.5) is 0 Å². The molecule has 1 unspecified atom stereocenters. The van der Waals surface area contributed by atoms with E-state index in [1.807, 2.05) is 31.2 Å². The van der Waals surface area contributed by atoms with Gasteiger partial charge in [-0.2, -0.15) is 0 Å². The molecule has 1 aliphatic rings. The number of aliphatic hydroxyl groups is 1. The normalized spacial score (nSPS) is 15.6. The van der Waals surface area contributed by atoms with Gasteiger partial charge in [0.15, 0.2) is 0 Å². The third-order valence-electron chi connectivity index (χ3n) is 4.32. The molecule has 1 aliphatic heterocycles. The van der Waals surface area contributed by atoms with Gasteiger partial charge in [-0.3, -0.25) is 4.99 Å². The molecule has 2 aromatic carbocycles. The maximum atomic E-state index is 8.89. The molecule has 5 nitrogen and oxygen atoms in total. The highest BCUT2D eigenvalue weighted by molar-refractivity contribution is 5.44. The second kappa shape index (κ2) is 7.57. The van der Waals surface area contributed by atoms with Crippen LogP contribution in [0.15, 0.2) is 35.3 Å². The summed E-state index contributed by atoms with van der Waals surface area (Å²) in [6.07, 6.45) is 2.97. The van der Waals surface area contributed by atoms with E-state index in [1.165, 1.54) is 0 Å². The van der Waals surface area contributed by atoms with E-state index in [-0.39, 0.29) is 12.6 Å². The van der Waals surface area contributed by atoms with Crippen LogP contribution in [-0.2, 0) is 0 Å². The van der Waals surface area contributed by atoms with Crippen LogP contribution >= 0.6 is 0 Å². The zero-order valence-electron chi connectivity index (χ0n) is 14.8. The minimum absolute atomic E-state index is 0.00849. The van der Waals surface area contributed by atoms with Gasteiger partial charge in [0.2, 0.25) is 0 Å². The summed E-state index contributed by atoms with van der Waals surface area (Å²) >= 11 is 0. The van der Waals surface area contributed by atoms with Crippen molar-refractivity contribution in [1.82, 2.24) is 0 Å². The first-order valence-corrected chi connectivity index (χ1v) is 8.30. The Morgan fingerprint density at radius 3 is 2.64 bits per heavy atom. The minimum atomic E-state index is 0.00849. The summed E-state index contributed by atoms with van der Waals surface area (Å²) in [7, 11) is 3.29. The number of hydrogen-bond acceptors (Lipinski definition) is 5. The highest BCUT2D eigenvalue weighted by atomic mass is 16.5. The molecule has 1 atom stereocenters. The highest BCUT2D eigenvalue weighted by Crippen LogP contribution is 2.28. The number of aryl methyl sites for hydroxylation is 1. The van der Waals surface area contributed by atoms with Gasteiger partial charge in [0, 0.05) is 17.4 Å². The average molecular weight is 341 g/mol. The standard InChI is InChI=1S/C20H23NO4/c1-13-10-14(4-7-19(13)25-9-8-22)17-6-5-16-18(21-17)11-15(23-2)12-20(16)24-3/h4-5,7,10-12,17,22H,6,8-9H2,1-3H3. The summed E-state index contributed by atoms with van der Waals surface area (Å²) in [4.78, 5) is 4.89. The van der Waals surface area contributed by atoms with Crippen LogP contribution in [0.2, 0.25) is 0 Å². The second-order valence-corrected chi connectivity index (χ2v) is 5.94. The number of hydrogen-bond donors (Lipinski definition) is 1. The van der Waals surface area contributed by atoms with Crippen molar-refractivity contribution in [2.75, 3.05) is 27.4 Å². The van der Waals surface area contributed by atoms with Gasteiger partial charge in [0.1, 0.15) is 23.9 Å². The number of benzene rings is 2. The van der Waals surface area contributed by atoms with Crippen LogP contribution in [0.25, 0.3) is 6.08 Å². The van der Waals surface area contributed by atoms with Gasteiger partial charge in [0.05, 0.1) is 32.2 Å². The molecular weight excluding hydrogens is 318 g/mol. The van der Waals surface area contributed by atoms with Crippen LogP contribution < -0.4 is 24.8 Å². The van der Waals surface area contributed by atoms with Crippen molar-refractivity contribution in [2.45, 2.75) is 19.4 Å². The van der Waals surface area contributed by atoms with Gasteiger partial charge in [-0.1, -0.05) is 18.2 Å². The lowest BCUT2D eigenvalue weighted by Gasteiger charge is -2.17. The van der Waals surface area contributed by atoms with Crippen molar-refractivity contribution in [2.24, 2.45) is 4.99 Å². The molecule has 2 aromatic rings. The quantitative estimate of drug-likeness (QED) is 0.872. The van der Waals surface area contributed by atoms with E-state index in [0.29, 0.717) is 6.61 Å². The number of ether oxygens (including phenoxy) is 3. The van der Waals surface area contributed by atoms with Crippen molar-refractivity contribution in [1.29, 1.82) is 0 Å². The summed E-state index contributed by atoms with van der Waals surface area (Å²) < 4.78 is 16.3. The van der Waals surface area contributed by atoms with Crippen molar-refractivity contribution in [3.63, 3.8) is 0 Å². The molecule has 0 saturated carbocycles. The van der Waals surface area contributed by atoms with Crippen molar-refractivity contribution < 1.29 is 19.3 Å². The van der Waals surface area contributed by atoms with Gasteiger partial charge in [-0.05, 0) is 30.5 Å². The molecular formula is C20H23NO4. The Morgan fingerprint density at radius 1 is 1.12 bits per heavy atom. The fourth-order valence-electron chi connectivity index (χ4n) is 3.04. The number of aliphatic hydroxyl groups excluding tert-OH is 1. The summed E-state index contributed by atoms with van der Waals surface area (Å²) in [5, 5.41) is 10.8. The maximum absolute atomic E-state index is 8.89. The molecule has 1 N–H and O–H groups in total. The van der Waals surface area contributed by atoms with Gasteiger partial charge < -0.3 is 19.3 Å². The fraction of sp³-hybridized carbons (Fsp3) is 0.350. The fourth-order valence-corrected chi connectivity index (χ4v) is 3.04.